The summed E-state index contributed by atoms with van der Waals surface area (Å²) in [6, 6.07) is 2.78. The van der Waals surface area contributed by atoms with Crippen molar-refractivity contribution in [3.8, 4) is 5.75 Å². The minimum Gasteiger partial charge on any atom is -0.506 e. The van der Waals surface area contributed by atoms with Crippen molar-refractivity contribution in [3.63, 3.8) is 0 Å². The number of hydrogen-bond acceptors (Lipinski definition) is 2. The van der Waals surface area contributed by atoms with Crippen LogP contribution in [-0.4, -0.2) is 16.2 Å². The lowest BCUT2D eigenvalue weighted by Gasteiger charge is -2.01. The molecule has 80 valence electrons. The van der Waals surface area contributed by atoms with Gasteiger partial charge in [-0.3, -0.25) is 4.79 Å². The molecule has 0 atom stereocenters. The summed E-state index contributed by atoms with van der Waals surface area (Å²) in [6.45, 7) is 0. The zero-order chi connectivity index (χ0) is 11.4. The second-order valence-corrected chi connectivity index (χ2v) is 3.64. The second kappa shape index (κ2) is 5.05. The third-order valence-corrected chi connectivity index (χ3v) is 2.29. The minimum atomic E-state index is -0.924. The Morgan fingerprint density at radius 2 is 2.00 bits per heavy atom. The zero-order valence-corrected chi connectivity index (χ0v) is 9.09. The summed E-state index contributed by atoms with van der Waals surface area (Å²) in [5.74, 6) is -1.02. The highest BCUT2D eigenvalue weighted by Gasteiger charge is 2.03. The lowest BCUT2D eigenvalue weighted by molar-refractivity contribution is -0.135. The number of phenolic OH excluding ortho intramolecular Hbond substituents is 1. The van der Waals surface area contributed by atoms with Gasteiger partial charge in [-0.15, -0.1) is 0 Å². The van der Waals surface area contributed by atoms with Crippen LogP contribution in [0.1, 0.15) is 12.0 Å². The van der Waals surface area contributed by atoms with Crippen molar-refractivity contribution in [1.82, 2.24) is 0 Å². The maximum absolute atomic E-state index is 10.2. The van der Waals surface area contributed by atoms with Crippen molar-refractivity contribution < 1.29 is 15.0 Å². The van der Waals surface area contributed by atoms with Crippen molar-refractivity contribution in [2.45, 2.75) is 6.42 Å². The molecule has 0 aliphatic rings. The molecule has 1 aromatic rings. The number of carboxylic acids is 1. The predicted molar refractivity (Wildman–Crippen MR) is 59.4 cm³/mol. The Morgan fingerprint density at radius 1 is 1.33 bits per heavy atom. The van der Waals surface area contributed by atoms with E-state index in [9.17, 15) is 9.90 Å². The van der Waals surface area contributed by atoms with Gasteiger partial charge in [0.15, 0.2) is 0 Å². The number of halogens is 2. The molecule has 1 rings (SSSR count). The molecule has 0 fully saturated rings. The molecule has 5 heteroatoms. The Labute approximate surface area is 96.6 Å². The van der Waals surface area contributed by atoms with Gasteiger partial charge < -0.3 is 10.2 Å². The number of carbonyl (C=O) groups is 1. The number of aliphatic carboxylic acids is 1. The molecule has 1 aromatic carbocycles. The predicted octanol–water partition coefficient (Wildman–Crippen LogP) is 3.19. The summed E-state index contributed by atoms with van der Waals surface area (Å²) in [7, 11) is 0. The molecule has 0 bridgehead atoms. The summed E-state index contributed by atoms with van der Waals surface area (Å²) in [5, 5.41) is 18.1. The smallest absolute Gasteiger partial charge is 0.307 e. The fourth-order valence-electron chi connectivity index (χ4n) is 0.966. The van der Waals surface area contributed by atoms with Crippen LogP contribution in [0.2, 0.25) is 10.0 Å². The molecular formula is C10H8Cl2O3. The summed E-state index contributed by atoms with van der Waals surface area (Å²) in [4.78, 5) is 10.2. The first kappa shape index (κ1) is 11.9. The van der Waals surface area contributed by atoms with E-state index in [1.807, 2.05) is 0 Å². The number of rotatable bonds is 3. The van der Waals surface area contributed by atoms with Crippen LogP contribution in [0, 0.1) is 0 Å². The number of aromatic hydroxyl groups is 1. The second-order valence-electron chi connectivity index (χ2n) is 2.83. The lowest BCUT2D eigenvalue weighted by Crippen LogP contribution is -1.89. The molecule has 0 unspecified atom stereocenters. The van der Waals surface area contributed by atoms with Crippen LogP contribution >= 0.6 is 23.2 Å². The molecule has 15 heavy (non-hydrogen) atoms. The summed E-state index contributed by atoms with van der Waals surface area (Å²) >= 11 is 11.5. The van der Waals surface area contributed by atoms with E-state index in [0.29, 0.717) is 10.6 Å². The molecule has 0 amide bonds. The van der Waals surface area contributed by atoms with Gasteiger partial charge >= 0.3 is 5.97 Å². The van der Waals surface area contributed by atoms with Crippen LogP contribution < -0.4 is 0 Å². The molecule has 0 aliphatic carbocycles. The highest BCUT2D eigenvalue weighted by Crippen LogP contribution is 2.30. The Kier molecular flexibility index (Phi) is 4.00. The Bertz CT molecular complexity index is 413. The van der Waals surface area contributed by atoms with E-state index in [2.05, 4.69) is 0 Å². The summed E-state index contributed by atoms with van der Waals surface area (Å²) in [5.41, 5.74) is 0.570. The number of benzene rings is 1. The molecule has 0 spiro atoms. The van der Waals surface area contributed by atoms with E-state index in [1.54, 1.807) is 6.08 Å². The van der Waals surface area contributed by atoms with E-state index >= 15 is 0 Å². The monoisotopic (exact) mass is 246 g/mol. The average Bonchev–Trinajstić information content (AvgIpc) is 2.13. The maximum Gasteiger partial charge on any atom is 0.307 e. The van der Waals surface area contributed by atoms with Crippen LogP contribution in [0.4, 0.5) is 0 Å². The van der Waals surface area contributed by atoms with Gasteiger partial charge in [-0.05, 0) is 11.6 Å². The van der Waals surface area contributed by atoms with Crippen molar-refractivity contribution in [2.24, 2.45) is 0 Å². The normalized spacial score (nSPS) is 10.8. The Balaban J connectivity index is 2.90. The highest BCUT2D eigenvalue weighted by atomic mass is 35.5. The standard InChI is InChI=1S/C10H8Cl2O3/c11-7-5-9(13)8(12)4-6(7)2-1-3-10(14)15/h1-2,4-5,13H,3H2,(H,14,15). The van der Waals surface area contributed by atoms with E-state index < -0.39 is 5.97 Å². The molecule has 2 N–H and O–H groups in total. The first-order chi connectivity index (χ1) is 7.00. The lowest BCUT2D eigenvalue weighted by atomic mass is 10.2. The quantitative estimate of drug-likeness (QED) is 0.862. The third kappa shape index (κ3) is 3.46. The average molecular weight is 247 g/mol. The molecule has 0 heterocycles. The molecule has 0 aliphatic heterocycles. The largest absolute Gasteiger partial charge is 0.506 e. The Hall–Kier alpha value is -1.19. The van der Waals surface area contributed by atoms with E-state index in [-0.39, 0.29) is 17.2 Å². The number of phenols is 1. The highest BCUT2D eigenvalue weighted by molar-refractivity contribution is 6.35. The molecule has 0 saturated carbocycles. The number of carboxylic acid groups (broad SMARTS) is 1. The molecule has 0 radical (unpaired) electrons. The van der Waals surface area contributed by atoms with Gasteiger partial charge in [0.1, 0.15) is 5.75 Å². The molecule has 3 nitrogen and oxygen atoms in total. The van der Waals surface area contributed by atoms with E-state index in [1.165, 1.54) is 18.2 Å². The van der Waals surface area contributed by atoms with Gasteiger partial charge in [-0.2, -0.15) is 0 Å². The molecule has 0 aromatic heterocycles. The molecule has 0 saturated heterocycles. The van der Waals surface area contributed by atoms with Crippen LogP contribution in [0.5, 0.6) is 5.75 Å². The van der Waals surface area contributed by atoms with Crippen molar-refractivity contribution in [3.05, 3.63) is 33.8 Å². The van der Waals surface area contributed by atoms with Crippen LogP contribution in [0.25, 0.3) is 6.08 Å². The Morgan fingerprint density at radius 3 is 2.60 bits per heavy atom. The van der Waals surface area contributed by atoms with Gasteiger partial charge in [0.25, 0.3) is 0 Å². The van der Waals surface area contributed by atoms with Crippen LogP contribution in [-0.2, 0) is 4.79 Å². The fraction of sp³-hybridized carbons (Fsp3) is 0.100. The third-order valence-electron chi connectivity index (χ3n) is 1.66. The van der Waals surface area contributed by atoms with Gasteiger partial charge in [-0.1, -0.05) is 35.4 Å². The van der Waals surface area contributed by atoms with E-state index in [4.69, 9.17) is 28.3 Å². The van der Waals surface area contributed by atoms with Crippen LogP contribution in [0.3, 0.4) is 0 Å². The topological polar surface area (TPSA) is 57.5 Å². The van der Waals surface area contributed by atoms with Crippen molar-refractivity contribution >= 4 is 35.2 Å². The SMILES string of the molecule is O=C(O)CC=Cc1cc(Cl)c(O)cc1Cl. The van der Waals surface area contributed by atoms with Crippen molar-refractivity contribution in [2.75, 3.05) is 0 Å². The number of hydrogen-bond donors (Lipinski definition) is 2. The van der Waals surface area contributed by atoms with Gasteiger partial charge in [0, 0.05) is 6.07 Å². The fourth-order valence-corrected chi connectivity index (χ4v) is 1.36. The zero-order valence-electron chi connectivity index (χ0n) is 7.58. The van der Waals surface area contributed by atoms with Gasteiger partial charge in [-0.25, -0.2) is 0 Å². The minimum absolute atomic E-state index is 0.0885. The van der Waals surface area contributed by atoms with Gasteiger partial charge in [0.2, 0.25) is 0 Å². The van der Waals surface area contributed by atoms with E-state index in [0.717, 1.165) is 0 Å². The van der Waals surface area contributed by atoms with Crippen LogP contribution in [0.15, 0.2) is 18.2 Å². The first-order valence-corrected chi connectivity index (χ1v) is 4.82. The summed E-state index contributed by atoms with van der Waals surface area (Å²) in [6.07, 6.45) is 2.91. The maximum atomic E-state index is 10.2. The van der Waals surface area contributed by atoms with Crippen molar-refractivity contribution in [1.29, 1.82) is 0 Å². The van der Waals surface area contributed by atoms with Gasteiger partial charge in [0.05, 0.1) is 16.5 Å². The first-order valence-electron chi connectivity index (χ1n) is 4.07. The summed E-state index contributed by atoms with van der Waals surface area (Å²) < 4.78 is 0. The molecular weight excluding hydrogens is 239 g/mol.